The van der Waals surface area contributed by atoms with Gasteiger partial charge in [-0.25, -0.2) is 0 Å². The van der Waals surface area contributed by atoms with Crippen LogP contribution in [0.2, 0.25) is 0 Å². The Morgan fingerprint density at radius 3 is 2.58 bits per heavy atom. The van der Waals surface area contributed by atoms with Gasteiger partial charge < -0.3 is 10.5 Å². The van der Waals surface area contributed by atoms with E-state index < -0.39 is 0 Å². The van der Waals surface area contributed by atoms with Crippen molar-refractivity contribution in [3.63, 3.8) is 0 Å². The lowest BCUT2D eigenvalue weighted by molar-refractivity contribution is 0.307. The van der Waals surface area contributed by atoms with Crippen molar-refractivity contribution in [3.05, 3.63) is 59.2 Å². The Morgan fingerprint density at radius 2 is 1.89 bits per heavy atom. The summed E-state index contributed by atoms with van der Waals surface area (Å²) in [4.78, 5) is 0. The van der Waals surface area contributed by atoms with Crippen LogP contribution in [0.15, 0.2) is 42.5 Å². The van der Waals surface area contributed by atoms with Gasteiger partial charge in [-0.05, 0) is 48.4 Å². The van der Waals surface area contributed by atoms with E-state index in [0.717, 1.165) is 28.5 Å². The van der Waals surface area contributed by atoms with Crippen molar-refractivity contribution in [2.24, 2.45) is 0 Å². The second-order valence-corrected chi connectivity index (χ2v) is 5.30. The van der Waals surface area contributed by atoms with Gasteiger partial charge in [0.15, 0.2) is 0 Å². The monoisotopic (exact) mass is 253 g/mol. The molecule has 1 saturated carbocycles. The van der Waals surface area contributed by atoms with Gasteiger partial charge in [-0.15, -0.1) is 0 Å². The van der Waals surface area contributed by atoms with Crippen LogP contribution in [0.1, 0.15) is 35.4 Å². The van der Waals surface area contributed by atoms with Crippen LogP contribution in [-0.4, -0.2) is 0 Å². The maximum Gasteiger partial charge on any atom is 0.143 e. The first kappa shape index (κ1) is 12.1. The lowest BCUT2D eigenvalue weighted by atomic mass is 10.1. The minimum Gasteiger partial charge on any atom is -0.487 e. The molecule has 0 spiro atoms. The highest BCUT2D eigenvalue weighted by Crippen LogP contribution is 2.43. The fraction of sp³-hybridized carbons (Fsp3) is 0.294. The maximum absolute atomic E-state index is 6.11. The summed E-state index contributed by atoms with van der Waals surface area (Å²) in [6, 6.07) is 14.5. The van der Waals surface area contributed by atoms with Crippen molar-refractivity contribution in [1.29, 1.82) is 0 Å². The third-order valence-corrected chi connectivity index (χ3v) is 3.66. The van der Waals surface area contributed by atoms with E-state index in [0.29, 0.717) is 6.61 Å². The summed E-state index contributed by atoms with van der Waals surface area (Å²) in [6.07, 6.45) is 2.59. The summed E-state index contributed by atoms with van der Waals surface area (Å²) in [5.41, 5.74) is 10.5. The SMILES string of the molecule is Cc1cc(C2CC2)cc(OCc2ccccc2)c1N. The summed E-state index contributed by atoms with van der Waals surface area (Å²) < 4.78 is 5.90. The second kappa shape index (κ2) is 4.96. The van der Waals surface area contributed by atoms with E-state index in [1.165, 1.54) is 18.4 Å². The number of aryl methyl sites for hydroxylation is 1. The molecule has 1 fully saturated rings. The number of rotatable bonds is 4. The van der Waals surface area contributed by atoms with Gasteiger partial charge in [0.05, 0.1) is 5.69 Å². The molecule has 2 N–H and O–H groups in total. The van der Waals surface area contributed by atoms with Crippen LogP contribution in [0.25, 0.3) is 0 Å². The van der Waals surface area contributed by atoms with E-state index in [9.17, 15) is 0 Å². The number of benzene rings is 2. The topological polar surface area (TPSA) is 35.2 Å². The van der Waals surface area contributed by atoms with E-state index in [1.54, 1.807) is 0 Å². The second-order valence-electron chi connectivity index (χ2n) is 5.30. The van der Waals surface area contributed by atoms with Crippen LogP contribution in [0.5, 0.6) is 5.75 Å². The summed E-state index contributed by atoms with van der Waals surface area (Å²) in [5, 5.41) is 0. The van der Waals surface area contributed by atoms with Gasteiger partial charge in [-0.3, -0.25) is 0 Å². The fourth-order valence-electron chi connectivity index (χ4n) is 2.30. The van der Waals surface area contributed by atoms with E-state index in [1.807, 2.05) is 18.2 Å². The Labute approximate surface area is 114 Å². The lowest BCUT2D eigenvalue weighted by Gasteiger charge is -2.13. The maximum atomic E-state index is 6.11. The lowest BCUT2D eigenvalue weighted by Crippen LogP contribution is -2.01. The smallest absolute Gasteiger partial charge is 0.143 e. The molecule has 98 valence electrons. The van der Waals surface area contributed by atoms with E-state index >= 15 is 0 Å². The number of hydrogen-bond donors (Lipinski definition) is 1. The van der Waals surface area contributed by atoms with E-state index in [2.05, 4.69) is 31.2 Å². The molecule has 2 aromatic rings. The molecule has 0 aliphatic heterocycles. The summed E-state index contributed by atoms with van der Waals surface area (Å²) in [5.74, 6) is 1.55. The summed E-state index contributed by atoms with van der Waals surface area (Å²) in [6.45, 7) is 2.62. The van der Waals surface area contributed by atoms with Crippen molar-refractivity contribution in [2.45, 2.75) is 32.3 Å². The quantitative estimate of drug-likeness (QED) is 0.835. The Bertz CT molecular complexity index is 573. The van der Waals surface area contributed by atoms with Crippen LogP contribution >= 0.6 is 0 Å². The van der Waals surface area contributed by atoms with Crippen LogP contribution < -0.4 is 10.5 Å². The molecule has 0 radical (unpaired) electrons. The van der Waals surface area contributed by atoms with Gasteiger partial charge in [0.1, 0.15) is 12.4 Å². The van der Waals surface area contributed by atoms with Crippen molar-refractivity contribution in [2.75, 3.05) is 5.73 Å². The minimum absolute atomic E-state index is 0.568. The van der Waals surface area contributed by atoms with Crippen LogP contribution in [0, 0.1) is 6.92 Å². The highest BCUT2D eigenvalue weighted by atomic mass is 16.5. The molecule has 0 amide bonds. The standard InChI is InChI=1S/C17H19NO/c1-12-9-15(14-7-8-14)10-16(17(12)18)19-11-13-5-3-2-4-6-13/h2-6,9-10,14H,7-8,11,18H2,1H3. The van der Waals surface area contributed by atoms with Gasteiger partial charge in [-0.2, -0.15) is 0 Å². The Balaban J connectivity index is 1.79. The number of ether oxygens (including phenoxy) is 1. The molecule has 0 bridgehead atoms. The third kappa shape index (κ3) is 2.73. The molecule has 0 saturated heterocycles. The van der Waals surface area contributed by atoms with E-state index in [4.69, 9.17) is 10.5 Å². The van der Waals surface area contributed by atoms with Crippen molar-refractivity contribution >= 4 is 5.69 Å². The van der Waals surface area contributed by atoms with Gasteiger partial charge in [-0.1, -0.05) is 36.4 Å². The Morgan fingerprint density at radius 1 is 1.16 bits per heavy atom. The Hall–Kier alpha value is -1.96. The summed E-state index contributed by atoms with van der Waals surface area (Å²) >= 11 is 0. The number of nitrogen functional groups attached to an aromatic ring is 1. The van der Waals surface area contributed by atoms with E-state index in [-0.39, 0.29) is 0 Å². The normalized spacial score (nSPS) is 14.4. The minimum atomic E-state index is 0.568. The molecule has 19 heavy (non-hydrogen) atoms. The molecule has 0 heterocycles. The number of hydrogen-bond acceptors (Lipinski definition) is 2. The molecule has 2 aromatic carbocycles. The first-order valence-electron chi connectivity index (χ1n) is 6.81. The molecule has 0 unspecified atom stereocenters. The highest BCUT2D eigenvalue weighted by molar-refractivity contribution is 5.60. The predicted octanol–water partition coefficient (Wildman–Crippen LogP) is 4.03. The molecule has 0 atom stereocenters. The molecular formula is C17H19NO. The first-order valence-corrected chi connectivity index (χ1v) is 6.81. The third-order valence-electron chi connectivity index (χ3n) is 3.66. The predicted molar refractivity (Wildman–Crippen MR) is 78.3 cm³/mol. The van der Waals surface area contributed by atoms with Crippen LogP contribution in [0.4, 0.5) is 5.69 Å². The zero-order valence-electron chi connectivity index (χ0n) is 11.2. The van der Waals surface area contributed by atoms with Crippen molar-refractivity contribution in [1.82, 2.24) is 0 Å². The zero-order chi connectivity index (χ0) is 13.2. The van der Waals surface area contributed by atoms with Gasteiger partial charge in [0, 0.05) is 0 Å². The zero-order valence-corrected chi connectivity index (χ0v) is 11.2. The van der Waals surface area contributed by atoms with Crippen LogP contribution in [-0.2, 0) is 6.61 Å². The average Bonchev–Trinajstić information content (AvgIpc) is 3.26. The molecule has 3 rings (SSSR count). The number of nitrogens with two attached hydrogens (primary N) is 1. The average molecular weight is 253 g/mol. The molecule has 1 aliphatic carbocycles. The van der Waals surface area contributed by atoms with Crippen molar-refractivity contribution < 1.29 is 4.74 Å². The fourth-order valence-corrected chi connectivity index (χ4v) is 2.30. The van der Waals surface area contributed by atoms with Crippen LogP contribution in [0.3, 0.4) is 0 Å². The highest BCUT2D eigenvalue weighted by Gasteiger charge is 2.24. The van der Waals surface area contributed by atoms with Gasteiger partial charge >= 0.3 is 0 Å². The molecule has 1 aliphatic rings. The Kier molecular flexibility index (Phi) is 3.16. The van der Waals surface area contributed by atoms with Gasteiger partial charge in [0.2, 0.25) is 0 Å². The number of anilines is 1. The first-order chi connectivity index (χ1) is 9.24. The van der Waals surface area contributed by atoms with Crippen molar-refractivity contribution in [3.8, 4) is 5.75 Å². The summed E-state index contributed by atoms with van der Waals surface area (Å²) in [7, 11) is 0. The molecule has 2 nitrogen and oxygen atoms in total. The molecule has 0 aromatic heterocycles. The van der Waals surface area contributed by atoms with Gasteiger partial charge in [0.25, 0.3) is 0 Å². The molecular weight excluding hydrogens is 234 g/mol. The molecule has 2 heteroatoms. The largest absolute Gasteiger partial charge is 0.487 e.